The number of nitriles is 1. The van der Waals surface area contributed by atoms with Gasteiger partial charge in [0.25, 0.3) is 0 Å². The van der Waals surface area contributed by atoms with E-state index in [1.165, 1.54) is 11.8 Å². The number of nitrogens with zero attached hydrogens (tertiary/aromatic N) is 6. The average Bonchev–Trinajstić information content (AvgIpc) is 3.66. The predicted molar refractivity (Wildman–Crippen MR) is 190 cm³/mol. The smallest absolute Gasteiger partial charge is 0.412 e. The first-order valence-corrected chi connectivity index (χ1v) is 18.4. The number of rotatable bonds is 5. The summed E-state index contributed by atoms with van der Waals surface area (Å²) in [7, 11) is 0. The molecule has 0 aliphatic carbocycles. The largest absolute Gasteiger partial charge is 0.444 e. The van der Waals surface area contributed by atoms with Gasteiger partial charge in [-0.2, -0.15) is 5.26 Å². The average molecular weight is 738 g/mol. The maximum absolute atomic E-state index is 17.3. The molecule has 3 aliphatic heterocycles. The van der Waals surface area contributed by atoms with E-state index in [1.54, 1.807) is 25.7 Å². The van der Waals surface area contributed by atoms with E-state index >= 15 is 8.78 Å². The van der Waals surface area contributed by atoms with Gasteiger partial charge in [-0.1, -0.05) is 18.7 Å². The summed E-state index contributed by atoms with van der Waals surface area (Å²) in [6.45, 7) is 13.6. The number of amides is 2. The first kappa shape index (κ1) is 35.1. The van der Waals surface area contributed by atoms with Crippen LogP contribution in [0.5, 0.6) is 0 Å². The number of anilines is 2. The number of thiophene rings is 1. The van der Waals surface area contributed by atoms with Crippen molar-refractivity contribution in [1.29, 1.82) is 5.26 Å². The van der Waals surface area contributed by atoms with E-state index in [0.717, 1.165) is 24.0 Å². The van der Waals surface area contributed by atoms with Gasteiger partial charge < -0.3 is 24.0 Å². The zero-order chi connectivity index (χ0) is 36.6. The number of piperazine rings is 1. The molecule has 2 fully saturated rings. The molecule has 268 valence electrons. The predicted octanol–water partition coefficient (Wildman–Crippen LogP) is 7.74. The second kappa shape index (κ2) is 12.7. The van der Waals surface area contributed by atoms with Crippen molar-refractivity contribution in [3.05, 3.63) is 34.5 Å². The van der Waals surface area contributed by atoms with Gasteiger partial charge in [-0.15, -0.1) is 11.3 Å². The van der Waals surface area contributed by atoms with Crippen LogP contribution in [-0.2, 0) is 27.4 Å². The number of halogens is 2. The Labute approximate surface area is 301 Å². The van der Waals surface area contributed by atoms with Crippen LogP contribution in [0.1, 0.15) is 71.6 Å². The summed E-state index contributed by atoms with van der Waals surface area (Å²) in [5.74, 6) is -0.213. The molecule has 2 bridgehead atoms. The fraction of sp³-hybridized carbons (Fsp3) is 0.486. The van der Waals surface area contributed by atoms with E-state index in [4.69, 9.17) is 24.2 Å². The molecule has 6 heterocycles. The van der Waals surface area contributed by atoms with Gasteiger partial charge in [0.05, 0.1) is 52.8 Å². The Balaban J connectivity index is 1.38. The van der Waals surface area contributed by atoms with Crippen LogP contribution in [0.25, 0.3) is 32.2 Å². The summed E-state index contributed by atoms with van der Waals surface area (Å²) in [5.41, 5.74) is -0.180. The van der Waals surface area contributed by atoms with Gasteiger partial charge in [-0.3, -0.25) is 10.3 Å². The van der Waals surface area contributed by atoms with Crippen molar-refractivity contribution in [3.8, 4) is 17.3 Å². The van der Waals surface area contributed by atoms with Crippen LogP contribution in [0.4, 0.5) is 29.2 Å². The summed E-state index contributed by atoms with van der Waals surface area (Å²) < 4.78 is 49.7. The molecule has 16 heteroatoms. The number of ether oxygens (including phenoxy) is 3. The van der Waals surface area contributed by atoms with Gasteiger partial charge in [0, 0.05) is 24.0 Å². The lowest BCUT2D eigenvalue weighted by Crippen LogP contribution is -2.70. The number of hydrogen-bond donors (Lipinski definition) is 1. The highest BCUT2D eigenvalue weighted by Gasteiger charge is 2.49. The summed E-state index contributed by atoms with van der Waals surface area (Å²) >= 11 is 2.22. The summed E-state index contributed by atoms with van der Waals surface area (Å²) in [4.78, 5) is 43.5. The molecular formula is C35H37F2N7O5S2. The molecule has 3 aromatic heterocycles. The van der Waals surface area contributed by atoms with E-state index in [2.05, 4.69) is 21.3 Å². The number of nitrogens with one attached hydrogen (secondary N) is 1. The molecule has 2 unspecified atom stereocenters. The van der Waals surface area contributed by atoms with Gasteiger partial charge in [-0.25, -0.2) is 28.3 Å². The first-order valence-electron chi connectivity index (χ1n) is 16.6. The van der Waals surface area contributed by atoms with Crippen molar-refractivity contribution in [1.82, 2.24) is 19.9 Å². The van der Waals surface area contributed by atoms with Crippen LogP contribution in [0.15, 0.2) is 11.4 Å². The Hall–Kier alpha value is -4.33. The highest BCUT2D eigenvalue weighted by molar-refractivity contribution is 7.99. The number of carbonyl (C=O) groups is 2. The van der Waals surface area contributed by atoms with Crippen LogP contribution in [0, 0.1) is 23.0 Å². The standard InChI is InChI=1S/C35H37F2N7O5S2/c1-8-50-31-40-27-24(29(41-31)44-16-9-17(44)13-43(12-16)33(46)49-35(5,6)7)20-15-47-14-19(20)22(25(27)37)26-23-18(10-38)30(42-32(45)48-34(2,3)4)51-28(23)21(36)11-39-26/h11,16-17H,8-9,12-15H2,1-7H3,(H,42,45). The molecule has 1 aromatic carbocycles. The third-order valence-electron chi connectivity index (χ3n) is 8.75. The lowest BCUT2D eigenvalue weighted by Gasteiger charge is -2.56. The van der Waals surface area contributed by atoms with Gasteiger partial charge in [0.15, 0.2) is 16.8 Å². The van der Waals surface area contributed by atoms with E-state index in [0.29, 0.717) is 46.3 Å². The molecule has 2 atom stereocenters. The van der Waals surface area contributed by atoms with Crippen molar-refractivity contribution in [2.75, 3.05) is 29.1 Å². The molecule has 12 nitrogen and oxygen atoms in total. The Morgan fingerprint density at radius 1 is 1.08 bits per heavy atom. The lowest BCUT2D eigenvalue weighted by molar-refractivity contribution is 0.00844. The molecule has 51 heavy (non-hydrogen) atoms. The second-order valence-electron chi connectivity index (χ2n) is 14.7. The van der Waals surface area contributed by atoms with Crippen LogP contribution in [0.3, 0.4) is 0 Å². The molecule has 4 aromatic rings. The van der Waals surface area contributed by atoms with Gasteiger partial charge >= 0.3 is 12.2 Å². The summed E-state index contributed by atoms with van der Waals surface area (Å²) in [5, 5.41) is 13.9. The molecule has 0 saturated carbocycles. The number of aromatic nitrogens is 3. The highest BCUT2D eigenvalue weighted by Crippen LogP contribution is 2.49. The number of carbonyl (C=O) groups excluding carboxylic acids is 2. The maximum Gasteiger partial charge on any atom is 0.412 e. The van der Waals surface area contributed by atoms with Crippen LogP contribution in [-0.4, -0.2) is 74.2 Å². The first-order chi connectivity index (χ1) is 24.1. The SMILES string of the molecule is CCSc1nc(N2C3CC2CN(C(=O)OC(C)(C)C)C3)c2c3c(c(-c4ncc(F)c5sc(NC(=O)OC(C)(C)C)c(C#N)c45)c(F)c2n1)COC3. The molecule has 3 aliphatic rings. The second-order valence-corrected chi connectivity index (χ2v) is 16.9. The van der Waals surface area contributed by atoms with Crippen molar-refractivity contribution in [2.24, 2.45) is 0 Å². The number of pyridine rings is 1. The molecule has 2 saturated heterocycles. The maximum atomic E-state index is 17.3. The van der Waals surface area contributed by atoms with E-state index in [1.807, 2.05) is 27.7 Å². The Morgan fingerprint density at radius 2 is 1.76 bits per heavy atom. The minimum absolute atomic E-state index is 0.0309. The quantitative estimate of drug-likeness (QED) is 0.159. The molecule has 2 amide bonds. The van der Waals surface area contributed by atoms with Crippen LogP contribution >= 0.6 is 23.1 Å². The van der Waals surface area contributed by atoms with Crippen LogP contribution in [0.2, 0.25) is 0 Å². The van der Waals surface area contributed by atoms with E-state index in [-0.39, 0.29) is 68.8 Å². The van der Waals surface area contributed by atoms with E-state index in [9.17, 15) is 14.9 Å². The van der Waals surface area contributed by atoms with Crippen molar-refractivity contribution >= 4 is 67.1 Å². The lowest BCUT2D eigenvalue weighted by atomic mass is 9.86. The monoisotopic (exact) mass is 737 g/mol. The molecular weight excluding hydrogens is 701 g/mol. The minimum atomic E-state index is -0.818. The third kappa shape index (κ3) is 6.29. The molecule has 0 spiro atoms. The summed E-state index contributed by atoms with van der Waals surface area (Å²) in [6.07, 6.45) is 0.637. The zero-order valence-corrected chi connectivity index (χ0v) is 30.9. The fourth-order valence-corrected chi connectivity index (χ4v) is 8.51. The van der Waals surface area contributed by atoms with Gasteiger partial charge in [-0.05, 0) is 64.8 Å². The Bertz CT molecular complexity index is 2150. The number of piperidine rings is 1. The number of benzene rings is 1. The van der Waals surface area contributed by atoms with Crippen molar-refractivity contribution in [3.63, 3.8) is 0 Å². The number of thioether (sulfide) groups is 1. The summed E-state index contributed by atoms with van der Waals surface area (Å²) in [6, 6.07) is 1.94. The minimum Gasteiger partial charge on any atom is -0.444 e. The van der Waals surface area contributed by atoms with E-state index < -0.39 is 28.9 Å². The molecule has 0 radical (unpaired) electrons. The Kier molecular flexibility index (Phi) is 8.75. The van der Waals surface area contributed by atoms with Crippen LogP contribution < -0.4 is 10.2 Å². The third-order valence-corrected chi connectivity index (χ3v) is 10.6. The van der Waals surface area contributed by atoms with Crippen molar-refractivity contribution in [2.45, 2.75) is 96.5 Å². The number of fused-ring (bicyclic) bond motifs is 6. The highest BCUT2D eigenvalue weighted by atomic mass is 32.2. The fourth-order valence-electron chi connectivity index (χ4n) is 6.90. The zero-order valence-electron chi connectivity index (χ0n) is 29.3. The normalized spacial score (nSPS) is 18.4. The molecule has 1 N–H and O–H groups in total. The number of likely N-dealkylation sites (tertiary alicyclic amines) is 1. The van der Waals surface area contributed by atoms with Crippen molar-refractivity contribution < 1.29 is 32.6 Å². The van der Waals surface area contributed by atoms with Gasteiger partial charge in [0.1, 0.15) is 33.6 Å². The topological polar surface area (TPSA) is 143 Å². The molecule has 7 rings (SSSR count). The Morgan fingerprint density at radius 3 is 2.41 bits per heavy atom. The van der Waals surface area contributed by atoms with Gasteiger partial charge in [0.2, 0.25) is 0 Å². The number of hydrogen-bond acceptors (Lipinski definition) is 12.